The zero-order valence-corrected chi connectivity index (χ0v) is 13.7. The van der Waals surface area contributed by atoms with Crippen LogP contribution in [0.25, 0.3) is 0 Å². The molecule has 2 aromatic rings. The van der Waals surface area contributed by atoms with Crippen molar-refractivity contribution in [3.05, 3.63) is 29.8 Å². The summed E-state index contributed by atoms with van der Waals surface area (Å²) in [6.07, 6.45) is 2.41. The first-order chi connectivity index (χ1) is 9.67. The highest BCUT2D eigenvalue weighted by molar-refractivity contribution is 8.01. The van der Waals surface area contributed by atoms with Gasteiger partial charge in [0.25, 0.3) is 0 Å². The van der Waals surface area contributed by atoms with Gasteiger partial charge in [0.05, 0.1) is 0 Å². The summed E-state index contributed by atoms with van der Waals surface area (Å²) < 4.78 is 5.09. The number of hydrogen-bond donors (Lipinski definition) is 1. The van der Waals surface area contributed by atoms with Crippen LogP contribution in [0.1, 0.15) is 12.0 Å². The van der Waals surface area contributed by atoms with Crippen molar-refractivity contribution in [1.82, 2.24) is 9.36 Å². The summed E-state index contributed by atoms with van der Waals surface area (Å²) in [5.41, 5.74) is 2.02. The van der Waals surface area contributed by atoms with Gasteiger partial charge in [0, 0.05) is 17.9 Å². The third kappa shape index (κ3) is 4.81. The quantitative estimate of drug-likeness (QED) is 0.821. The summed E-state index contributed by atoms with van der Waals surface area (Å²) >= 11 is 4.48. The lowest BCUT2D eigenvalue weighted by molar-refractivity contribution is -0.115. The van der Waals surface area contributed by atoms with Crippen LogP contribution >= 0.6 is 35.1 Å². The molecule has 1 heterocycles. The summed E-state index contributed by atoms with van der Waals surface area (Å²) in [4.78, 5) is 16.1. The zero-order valence-electron chi connectivity index (χ0n) is 11.3. The number of nitrogens with zero attached hydrogens (tertiary/aromatic N) is 2. The standard InChI is InChI=1S/C13H15N3OS3/c1-9-3-5-10(6-4-9)14-11(17)7-8-19-13-15-12(18-2)16-20-13/h3-6H,7-8H2,1-2H3,(H,14,17). The molecule has 0 spiro atoms. The van der Waals surface area contributed by atoms with Gasteiger partial charge in [-0.25, -0.2) is 4.98 Å². The van der Waals surface area contributed by atoms with E-state index in [1.807, 2.05) is 37.4 Å². The fraction of sp³-hybridized carbons (Fsp3) is 0.308. The second-order valence-electron chi connectivity index (χ2n) is 4.06. The summed E-state index contributed by atoms with van der Waals surface area (Å²) in [5, 5.41) is 3.68. The Bertz CT molecular complexity index is 568. The molecule has 0 radical (unpaired) electrons. The predicted octanol–water partition coefficient (Wildman–Crippen LogP) is 3.69. The third-order valence-corrected chi connectivity index (χ3v) is 4.96. The van der Waals surface area contributed by atoms with Crippen molar-refractivity contribution >= 4 is 46.7 Å². The smallest absolute Gasteiger partial charge is 0.225 e. The van der Waals surface area contributed by atoms with Crippen LogP contribution in [0.15, 0.2) is 33.8 Å². The van der Waals surface area contributed by atoms with Crippen LogP contribution in [0.5, 0.6) is 0 Å². The molecule has 0 saturated carbocycles. The summed E-state index contributed by atoms with van der Waals surface area (Å²) in [6, 6.07) is 7.79. The van der Waals surface area contributed by atoms with Crippen molar-refractivity contribution in [1.29, 1.82) is 0 Å². The summed E-state index contributed by atoms with van der Waals surface area (Å²) in [7, 11) is 0. The highest BCUT2D eigenvalue weighted by Crippen LogP contribution is 2.24. The summed E-state index contributed by atoms with van der Waals surface area (Å²) in [6.45, 7) is 2.02. The Kier molecular flexibility index (Phi) is 5.87. The lowest BCUT2D eigenvalue weighted by atomic mass is 10.2. The lowest BCUT2D eigenvalue weighted by Gasteiger charge is -2.04. The van der Waals surface area contributed by atoms with Crippen molar-refractivity contribution in [2.45, 2.75) is 22.8 Å². The molecule has 0 atom stereocenters. The van der Waals surface area contributed by atoms with E-state index in [1.165, 1.54) is 28.9 Å². The summed E-state index contributed by atoms with van der Waals surface area (Å²) in [5.74, 6) is 0.733. The van der Waals surface area contributed by atoms with Crippen LogP contribution in [0, 0.1) is 6.92 Å². The molecule has 0 saturated heterocycles. The molecule has 1 aromatic carbocycles. The maximum Gasteiger partial charge on any atom is 0.225 e. The SMILES string of the molecule is CSc1nsc(SCCC(=O)Nc2ccc(C)cc2)n1. The Morgan fingerprint density at radius 3 is 2.75 bits per heavy atom. The molecular formula is C13H15N3OS3. The molecule has 1 aromatic heterocycles. The Hall–Kier alpha value is -1.05. The largest absolute Gasteiger partial charge is 0.326 e. The molecule has 106 valence electrons. The second-order valence-corrected chi connectivity index (χ2v) is 6.93. The van der Waals surface area contributed by atoms with Crippen LogP contribution in [-0.4, -0.2) is 27.3 Å². The molecule has 20 heavy (non-hydrogen) atoms. The minimum Gasteiger partial charge on any atom is -0.326 e. The van der Waals surface area contributed by atoms with E-state index >= 15 is 0 Å². The molecule has 0 bridgehead atoms. The maximum absolute atomic E-state index is 11.8. The van der Waals surface area contributed by atoms with Gasteiger partial charge in [-0.3, -0.25) is 4.79 Å². The number of amides is 1. The monoisotopic (exact) mass is 325 g/mol. The molecule has 1 N–H and O–H groups in total. The van der Waals surface area contributed by atoms with Gasteiger partial charge >= 0.3 is 0 Å². The average Bonchev–Trinajstić information content (AvgIpc) is 2.89. The third-order valence-electron chi connectivity index (χ3n) is 2.46. The Balaban J connectivity index is 1.73. The number of benzene rings is 1. The Morgan fingerprint density at radius 2 is 2.10 bits per heavy atom. The van der Waals surface area contributed by atoms with Gasteiger partial charge in [-0.2, -0.15) is 4.37 Å². The van der Waals surface area contributed by atoms with Crippen molar-refractivity contribution in [3.63, 3.8) is 0 Å². The molecule has 7 heteroatoms. The fourth-order valence-electron chi connectivity index (χ4n) is 1.43. The Labute approximate surface area is 130 Å². The van der Waals surface area contributed by atoms with Gasteiger partial charge in [-0.1, -0.05) is 41.2 Å². The van der Waals surface area contributed by atoms with Gasteiger partial charge in [0.15, 0.2) is 4.34 Å². The van der Waals surface area contributed by atoms with Gasteiger partial charge in [-0.05, 0) is 36.8 Å². The van der Waals surface area contributed by atoms with E-state index in [9.17, 15) is 4.79 Å². The van der Waals surface area contributed by atoms with E-state index in [4.69, 9.17) is 0 Å². The zero-order chi connectivity index (χ0) is 14.4. The molecule has 0 aliphatic rings. The van der Waals surface area contributed by atoms with Gasteiger partial charge in [0.1, 0.15) is 0 Å². The molecule has 0 aliphatic heterocycles. The highest BCUT2D eigenvalue weighted by Gasteiger charge is 2.06. The second kappa shape index (κ2) is 7.66. The van der Waals surface area contributed by atoms with Gasteiger partial charge in [0.2, 0.25) is 11.1 Å². The van der Waals surface area contributed by atoms with Crippen LogP contribution in [0.2, 0.25) is 0 Å². The van der Waals surface area contributed by atoms with Crippen LogP contribution in [0.3, 0.4) is 0 Å². The topological polar surface area (TPSA) is 54.9 Å². The van der Waals surface area contributed by atoms with Crippen molar-refractivity contribution in [2.24, 2.45) is 0 Å². The minimum atomic E-state index is 0.0240. The van der Waals surface area contributed by atoms with E-state index in [-0.39, 0.29) is 5.91 Å². The molecule has 0 aliphatic carbocycles. The lowest BCUT2D eigenvalue weighted by Crippen LogP contribution is -2.12. The predicted molar refractivity (Wildman–Crippen MR) is 86.8 cm³/mol. The number of aryl methyl sites for hydroxylation is 1. The van der Waals surface area contributed by atoms with E-state index in [0.717, 1.165) is 15.2 Å². The van der Waals surface area contributed by atoms with Crippen LogP contribution < -0.4 is 5.32 Å². The number of carbonyl (C=O) groups excluding carboxylic acids is 1. The number of carbonyl (C=O) groups is 1. The molecule has 1 amide bonds. The van der Waals surface area contributed by atoms with E-state index in [0.29, 0.717) is 12.2 Å². The number of nitrogens with one attached hydrogen (secondary N) is 1. The van der Waals surface area contributed by atoms with Crippen molar-refractivity contribution in [3.8, 4) is 0 Å². The van der Waals surface area contributed by atoms with E-state index in [2.05, 4.69) is 14.7 Å². The molecule has 2 rings (SSSR count). The maximum atomic E-state index is 11.8. The number of anilines is 1. The number of aromatic nitrogens is 2. The van der Waals surface area contributed by atoms with Gasteiger partial charge < -0.3 is 5.32 Å². The molecule has 0 fully saturated rings. The first-order valence-electron chi connectivity index (χ1n) is 6.04. The fourth-order valence-corrected chi connectivity index (χ4v) is 3.65. The highest BCUT2D eigenvalue weighted by atomic mass is 32.2. The number of hydrogen-bond acceptors (Lipinski definition) is 6. The van der Waals surface area contributed by atoms with E-state index in [1.54, 1.807) is 11.8 Å². The molecule has 0 unspecified atom stereocenters. The number of thioether (sulfide) groups is 2. The van der Waals surface area contributed by atoms with Crippen molar-refractivity contribution < 1.29 is 4.79 Å². The van der Waals surface area contributed by atoms with Crippen LogP contribution in [0.4, 0.5) is 5.69 Å². The Morgan fingerprint density at radius 1 is 1.35 bits per heavy atom. The normalized spacial score (nSPS) is 10.5. The molecule has 4 nitrogen and oxygen atoms in total. The first kappa shape index (κ1) is 15.3. The van der Waals surface area contributed by atoms with E-state index < -0.39 is 0 Å². The van der Waals surface area contributed by atoms with Crippen LogP contribution in [-0.2, 0) is 4.79 Å². The van der Waals surface area contributed by atoms with Crippen molar-refractivity contribution in [2.75, 3.05) is 17.3 Å². The minimum absolute atomic E-state index is 0.0240. The van der Waals surface area contributed by atoms with Gasteiger partial charge in [-0.15, -0.1) is 0 Å². The average molecular weight is 325 g/mol. The number of rotatable bonds is 6. The molecular weight excluding hydrogens is 310 g/mol. The first-order valence-corrected chi connectivity index (χ1v) is 9.03.